The summed E-state index contributed by atoms with van der Waals surface area (Å²) in [6, 6.07) is 13.2. The Hall–Kier alpha value is -2.24. The normalized spacial score (nSPS) is 16.2. The quantitative estimate of drug-likeness (QED) is 0.660. The van der Waals surface area contributed by atoms with Gasteiger partial charge in [0, 0.05) is 24.0 Å². The lowest BCUT2D eigenvalue weighted by molar-refractivity contribution is 0.0949. The highest BCUT2D eigenvalue weighted by Crippen LogP contribution is 2.19. The molecule has 1 aromatic heterocycles. The maximum absolute atomic E-state index is 11.9. The van der Waals surface area contributed by atoms with Crippen molar-refractivity contribution in [3.05, 3.63) is 64.9 Å². The fraction of sp³-hybridized carbons (Fsp3) is 0.316. The Balaban J connectivity index is 1.42. The number of carbonyl (C=O) groups excluding carboxylic acids is 1. The van der Waals surface area contributed by atoms with Gasteiger partial charge in [-0.25, -0.2) is 5.43 Å². The molecule has 1 fully saturated rings. The zero-order valence-corrected chi connectivity index (χ0v) is 14.7. The van der Waals surface area contributed by atoms with Crippen molar-refractivity contribution in [3.8, 4) is 0 Å². The molecule has 2 aromatic rings. The van der Waals surface area contributed by atoms with Gasteiger partial charge in [-0.1, -0.05) is 29.8 Å². The van der Waals surface area contributed by atoms with Gasteiger partial charge in [-0.15, -0.1) is 0 Å². The van der Waals surface area contributed by atoms with Crippen LogP contribution in [0.25, 0.3) is 0 Å². The first kappa shape index (κ1) is 17.6. The van der Waals surface area contributed by atoms with Gasteiger partial charge in [-0.2, -0.15) is 5.10 Å². The summed E-state index contributed by atoms with van der Waals surface area (Å²) >= 11 is 6.04. The monoisotopic (exact) mass is 356 g/mol. The summed E-state index contributed by atoms with van der Waals surface area (Å²) in [5.74, 6) is 0.106. The number of hydrazone groups is 1. The van der Waals surface area contributed by atoms with E-state index in [9.17, 15) is 4.79 Å². The maximum atomic E-state index is 11.9. The number of halogens is 1. The maximum Gasteiger partial charge on any atom is 0.289 e. The van der Waals surface area contributed by atoms with Crippen LogP contribution in [0.5, 0.6) is 0 Å². The third-order valence-electron chi connectivity index (χ3n) is 4.28. The molecule has 0 atom stereocenters. The molecule has 0 unspecified atom stereocenters. The number of piperidine rings is 1. The number of hydrogen-bond donors (Lipinski definition) is 1. The summed E-state index contributed by atoms with van der Waals surface area (Å²) in [5.41, 5.74) is 4.15. The van der Waals surface area contributed by atoms with Crippen molar-refractivity contribution < 1.29 is 4.79 Å². The minimum Gasteiger partial charge on any atom is -0.299 e. The van der Waals surface area contributed by atoms with Crippen LogP contribution >= 0.6 is 11.6 Å². The molecule has 0 bridgehead atoms. The lowest BCUT2D eigenvalue weighted by Gasteiger charge is -2.30. The van der Waals surface area contributed by atoms with Gasteiger partial charge in [-0.3, -0.25) is 14.7 Å². The van der Waals surface area contributed by atoms with Crippen molar-refractivity contribution in [2.24, 2.45) is 11.0 Å². The second-order valence-corrected chi connectivity index (χ2v) is 6.61. The van der Waals surface area contributed by atoms with E-state index >= 15 is 0 Å². The lowest BCUT2D eigenvalue weighted by atomic mass is 9.98. The van der Waals surface area contributed by atoms with Crippen LogP contribution in [-0.2, 0) is 6.54 Å². The third-order valence-corrected chi connectivity index (χ3v) is 4.51. The molecule has 0 saturated carbocycles. The van der Waals surface area contributed by atoms with Crippen LogP contribution in [0, 0.1) is 5.92 Å². The van der Waals surface area contributed by atoms with Gasteiger partial charge in [0.25, 0.3) is 5.91 Å². The Morgan fingerprint density at radius 3 is 2.84 bits per heavy atom. The molecule has 130 valence electrons. The second-order valence-electron chi connectivity index (χ2n) is 6.18. The predicted molar refractivity (Wildman–Crippen MR) is 99.6 cm³/mol. The Kier molecular flexibility index (Phi) is 6.14. The molecule has 0 spiro atoms. The van der Waals surface area contributed by atoms with E-state index in [0.29, 0.717) is 11.6 Å². The van der Waals surface area contributed by atoms with E-state index in [1.54, 1.807) is 24.4 Å². The van der Waals surface area contributed by atoms with E-state index in [-0.39, 0.29) is 5.91 Å². The topological polar surface area (TPSA) is 57.6 Å². The number of benzene rings is 1. The Bertz CT molecular complexity index is 727. The molecule has 1 saturated heterocycles. The molecular formula is C19H21ClN4O. The summed E-state index contributed by atoms with van der Waals surface area (Å²) in [4.78, 5) is 18.3. The smallest absolute Gasteiger partial charge is 0.289 e. The standard InChI is InChI=1S/C19H21ClN4O/c20-17-5-3-4-16(12-17)14-24-10-7-15(8-11-24)13-22-23-19(25)18-6-1-2-9-21-18/h1-6,9,12-13,15H,7-8,10-11,14H2,(H,23,25). The van der Waals surface area contributed by atoms with E-state index in [4.69, 9.17) is 11.6 Å². The summed E-state index contributed by atoms with van der Waals surface area (Å²) < 4.78 is 0. The number of aromatic nitrogens is 1. The van der Waals surface area contributed by atoms with E-state index in [2.05, 4.69) is 26.5 Å². The van der Waals surface area contributed by atoms with Crippen LogP contribution in [0.1, 0.15) is 28.9 Å². The predicted octanol–water partition coefficient (Wildman–Crippen LogP) is 3.36. The van der Waals surface area contributed by atoms with Gasteiger partial charge in [0.05, 0.1) is 0 Å². The molecule has 1 aromatic carbocycles. The number of nitrogens with one attached hydrogen (secondary N) is 1. The second kappa shape index (κ2) is 8.74. The number of hydrogen-bond acceptors (Lipinski definition) is 4. The largest absolute Gasteiger partial charge is 0.299 e. The van der Waals surface area contributed by atoms with E-state index < -0.39 is 0 Å². The number of nitrogens with zero attached hydrogens (tertiary/aromatic N) is 3. The third kappa shape index (κ3) is 5.37. The summed E-state index contributed by atoms with van der Waals surface area (Å²) in [5, 5.41) is 4.87. The van der Waals surface area contributed by atoms with Crippen LogP contribution in [0.2, 0.25) is 5.02 Å². The Morgan fingerprint density at radius 1 is 1.28 bits per heavy atom. The molecule has 3 rings (SSSR count). The van der Waals surface area contributed by atoms with Gasteiger partial charge < -0.3 is 0 Å². The fourth-order valence-electron chi connectivity index (χ4n) is 2.91. The Morgan fingerprint density at radius 2 is 2.12 bits per heavy atom. The summed E-state index contributed by atoms with van der Waals surface area (Å²) in [6.45, 7) is 2.94. The minimum atomic E-state index is -0.282. The van der Waals surface area contributed by atoms with E-state index in [1.165, 1.54) is 5.56 Å². The van der Waals surface area contributed by atoms with Crippen LogP contribution in [-0.4, -0.2) is 35.1 Å². The van der Waals surface area contributed by atoms with E-state index in [1.807, 2.05) is 24.4 Å². The molecule has 25 heavy (non-hydrogen) atoms. The molecule has 6 heteroatoms. The lowest BCUT2D eigenvalue weighted by Crippen LogP contribution is -2.34. The van der Waals surface area contributed by atoms with Gasteiger partial charge in [-0.05, 0) is 61.7 Å². The van der Waals surface area contributed by atoms with Crippen molar-refractivity contribution in [3.63, 3.8) is 0 Å². The highest BCUT2D eigenvalue weighted by atomic mass is 35.5. The van der Waals surface area contributed by atoms with Crippen LogP contribution in [0.4, 0.5) is 0 Å². The van der Waals surface area contributed by atoms with Crippen LogP contribution in [0.3, 0.4) is 0 Å². The summed E-state index contributed by atoms with van der Waals surface area (Å²) in [7, 11) is 0. The van der Waals surface area contributed by atoms with Crippen LogP contribution < -0.4 is 5.43 Å². The zero-order chi connectivity index (χ0) is 17.5. The minimum absolute atomic E-state index is 0.282. The van der Waals surface area contributed by atoms with Crippen molar-refractivity contribution in [2.75, 3.05) is 13.1 Å². The zero-order valence-electron chi connectivity index (χ0n) is 13.9. The van der Waals surface area contributed by atoms with Crippen molar-refractivity contribution >= 4 is 23.7 Å². The van der Waals surface area contributed by atoms with Crippen molar-refractivity contribution in [1.82, 2.24) is 15.3 Å². The van der Waals surface area contributed by atoms with Gasteiger partial charge >= 0.3 is 0 Å². The average molecular weight is 357 g/mol. The molecule has 0 aliphatic carbocycles. The fourth-order valence-corrected chi connectivity index (χ4v) is 3.12. The van der Waals surface area contributed by atoms with Gasteiger partial charge in [0.15, 0.2) is 0 Å². The van der Waals surface area contributed by atoms with E-state index in [0.717, 1.165) is 37.5 Å². The molecule has 1 aliphatic rings. The molecular weight excluding hydrogens is 336 g/mol. The average Bonchev–Trinajstić information content (AvgIpc) is 2.64. The SMILES string of the molecule is O=C(NN=CC1CCN(Cc2cccc(Cl)c2)CC1)c1ccccn1. The highest BCUT2D eigenvalue weighted by molar-refractivity contribution is 6.30. The number of amides is 1. The number of likely N-dealkylation sites (tertiary alicyclic amines) is 1. The van der Waals surface area contributed by atoms with Gasteiger partial charge in [0.2, 0.25) is 0 Å². The highest BCUT2D eigenvalue weighted by Gasteiger charge is 2.18. The van der Waals surface area contributed by atoms with Crippen molar-refractivity contribution in [2.45, 2.75) is 19.4 Å². The van der Waals surface area contributed by atoms with Crippen LogP contribution in [0.15, 0.2) is 53.8 Å². The number of pyridine rings is 1. The number of carbonyl (C=O) groups is 1. The van der Waals surface area contributed by atoms with Gasteiger partial charge in [0.1, 0.15) is 5.69 Å². The first-order chi connectivity index (χ1) is 12.2. The number of rotatable bonds is 5. The molecule has 1 aliphatic heterocycles. The molecule has 1 N–H and O–H groups in total. The van der Waals surface area contributed by atoms with Crippen molar-refractivity contribution in [1.29, 1.82) is 0 Å². The molecule has 0 radical (unpaired) electrons. The molecule has 5 nitrogen and oxygen atoms in total. The first-order valence-corrected chi connectivity index (χ1v) is 8.80. The molecule has 1 amide bonds. The summed E-state index contributed by atoms with van der Waals surface area (Å²) in [6.07, 6.45) is 5.50. The first-order valence-electron chi connectivity index (χ1n) is 8.42. The Labute approximate surface area is 152 Å². The molecule has 2 heterocycles.